The van der Waals surface area contributed by atoms with Crippen molar-refractivity contribution in [3.8, 4) is 45.7 Å². The maximum absolute atomic E-state index is 10.4. The number of benzene rings is 3. The molecule has 5 heteroatoms. The summed E-state index contributed by atoms with van der Waals surface area (Å²) in [4.78, 5) is 13.8. The number of hydrogen-bond acceptors (Lipinski definition) is 5. The van der Waals surface area contributed by atoms with E-state index in [9.17, 15) is 5.11 Å². The van der Waals surface area contributed by atoms with Crippen molar-refractivity contribution in [3.05, 3.63) is 78.9 Å². The number of aromatic nitrogens is 3. The number of aromatic hydroxyl groups is 1. The summed E-state index contributed by atoms with van der Waals surface area (Å²) in [6.07, 6.45) is 0. The first-order chi connectivity index (χ1) is 13.2. The van der Waals surface area contributed by atoms with Crippen LogP contribution in [0.5, 0.6) is 11.5 Å². The number of phenolic OH excluding ortho intramolecular Hbond substituents is 1. The number of rotatable bonds is 4. The minimum Gasteiger partial charge on any atom is -0.507 e. The Bertz CT molecular complexity index is 1010. The SMILES string of the molecule is COc1ccc(O)c(-c2nc(-c3ccccc3)nc(-c3ccccc3)n2)c1. The average molecular weight is 355 g/mol. The molecule has 0 atom stereocenters. The molecule has 0 unspecified atom stereocenters. The van der Waals surface area contributed by atoms with Gasteiger partial charge >= 0.3 is 0 Å². The van der Waals surface area contributed by atoms with E-state index in [0.717, 1.165) is 11.1 Å². The molecule has 0 aliphatic rings. The van der Waals surface area contributed by atoms with Gasteiger partial charge in [0.05, 0.1) is 12.7 Å². The summed E-state index contributed by atoms with van der Waals surface area (Å²) in [7, 11) is 1.58. The fourth-order valence-corrected chi connectivity index (χ4v) is 2.75. The highest BCUT2D eigenvalue weighted by Crippen LogP contribution is 2.32. The lowest BCUT2D eigenvalue weighted by molar-refractivity contribution is 0.412. The van der Waals surface area contributed by atoms with E-state index in [1.54, 1.807) is 25.3 Å². The molecule has 0 spiro atoms. The molecular formula is C22H17N3O2. The van der Waals surface area contributed by atoms with Crippen LogP contribution in [0.4, 0.5) is 0 Å². The van der Waals surface area contributed by atoms with Crippen molar-refractivity contribution in [1.29, 1.82) is 0 Å². The van der Waals surface area contributed by atoms with Crippen LogP contribution in [-0.2, 0) is 0 Å². The number of nitrogens with zero attached hydrogens (tertiary/aromatic N) is 3. The summed E-state index contributed by atoms with van der Waals surface area (Å²) in [6, 6.07) is 24.4. The summed E-state index contributed by atoms with van der Waals surface area (Å²) in [5, 5.41) is 10.4. The zero-order chi connectivity index (χ0) is 18.6. The standard InChI is InChI=1S/C22H17N3O2/c1-27-17-12-13-19(26)18(14-17)22-24-20(15-8-4-2-5-9-15)23-21(25-22)16-10-6-3-7-11-16/h2-14,26H,1H3. The second kappa shape index (κ2) is 7.25. The van der Waals surface area contributed by atoms with Crippen molar-refractivity contribution in [1.82, 2.24) is 15.0 Å². The van der Waals surface area contributed by atoms with Crippen LogP contribution in [0.1, 0.15) is 0 Å². The topological polar surface area (TPSA) is 68.1 Å². The molecule has 5 nitrogen and oxygen atoms in total. The van der Waals surface area contributed by atoms with Gasteiger partial charge in [0, 0.05) is 11.1 Å². The first-order valence-corrected chi connectivity index (χ1v) is 8.49. The van der Waals surface area contributed by atoms with Gasteiger partial charge in [-0.1, -0.05) is 60.7 Å². The van der Waals surface area contributed by atoms with Crippen molar-refractivity contribution in [2.45, 2.75) is 0 Å². The lowest BCUT2D eigenvalue weighted by Gasteiger charge is -2.10. The van der Waals surface area contributed by atoms with Crippen LogP contribution in [0.15, 0.2) is 78.9 Å². The highest BCUT2D eigenvalue weighted by atomic mass is 16.5. The van der Waals surface area contributed by atoms with Gasteiger partial charge < -0.3 is 9.84 Å². The number of hydrogen-bond donors (Lipinski definition) is 1. The molecule has 1 heterocycles. The first kappa shape index (κ1) is 16.7. The molecule has 0 saturated carbocycles. The second-order valence-corrected chi connectivity index (χ2v) is 5.92. The monoisotopic (exact) mass is 355 g/mol. The van der Waals surface area contributed by atoms with Gasteiger partial charge in [-0.3, -0.25) is 0 Å². The Hall–Kier alpha value is -3.73. The number of ether oxygens (including phenoxy) is 1. The molecule has 0 bridgehead atoms. The van der Waals surface area contributed by atoms with Gasteiger partial charge in [-0.15, -0.1) is 0 Å². The van der Waals surface area contributed by atoms with E-state index in [0.29, 0.717) is 28.8 Å². The Morgan fingerprint density at radius 3 is 1.70 bits per heavy atom. The Morgan fingerprint density at radius 2 is 1.19 bits per heavy atom. The van der Waals surface area contributed by atoms with Crippen molar-refractivity contribution in [2.24, 2.45) is 0 Å². The maximum Gasteiger partial charge on any atom is 0.167 e. The smallest absolute Gasteiger partial charge is 0.167 e. The van der Waals surface area contributed by atoms with E-state index in [-0.39, 0.29) is 5.75 Å². The van der Waals surface area contributed by atoms with Crippen LogP contribution < -0.4 is 4.74 Å². The molecule has 0 saturated heterocycles. The van der Waals surface area contributed by atoms with Crippen LogP contribution in [0.3, 0.4) is 0 Å². The summed E-state index contributed by atoms with van der Waals surface area (Å²) in [5.41, 5.74) is 2.24. The molecular weight excluding hydrogens is 338 g/mol. The predicted octanol–water partition coefficient (Wildman–Crippen LogP) is 4.59. The van der Waals surface area contributed by atoms with Crippen LogP contribution in [0.25, 0.3) is 34.2 Å². The molecule has 27 heavy (non-hydrogen) atoms. The van der Waals surface area contributed by atoms with Gasteiger partial charge in [0.2, 0.25) is 0 Å². The first-order valence-electron chi connectivity index (χ1n) is 8.49. The molecule has 0 amide bonds. The minimum absolute atomic E-state index is 0.0834. The van der Waals surface area contributed by atoms with Crippen LogP contribution in [0.2, 0.25) is 0 Å². The lowest BCUT2D eigenvalue weighted by Crippen LogP contribution is -2.00. The molecule has 1 aromatic heterocycles. The molecule has 4 aromatic rings. The Balaban J connectivity index is 1.94. The number of methoxy groups -OCH3 is 1. The van der Waals surface area contributed by atoms with Gasteiger partial charge in [-0.2, -0.15) is 0 Å². The predicted molar refractivity (Wildman–Crippen MR) is 104 cm³/mol. The molecule has 0 radical (unpaired) electrons. The third kappa shape index (κ3) is 3.48. The quantitative estimate of drug-likeness (QED) is 0.580. The van der Waals surface area contributed by atoms with Gasteiger partial charge in [0.1, 0.15) is 11.5 Å². The fourth-order valence-electron chi connectivity index (χ4n) is 2.75. The Labute approximate surface area is 157 Å². The molecule has 0 aliphatic carbocycles. The third-order valence-electron chi connectivity index (χ3n) is 4.14. The average Bonchev–Trinajstić information content (AvgIpc) is 2.75. The van der Waals surface area contributed by atoms with Gasteiger partial charge in [0.15, 0.2) is 17.5 Å². The maximum atomic E-state index is 10.4. The van der Waals surface area contributed by atoms with Crippen molar-refractivity contribution >= 4 is 0 Å². The van der Waals surface area contributed by atoms with Crippen LogP contribution in [0, 0.1) is 0 Å². The van der Waals surface area contributed by atoms with E-state index in [4.69, 9.17) is 4.74 Å². The summed E-state index contributed by atoms with van der Waals surface area (Å²) in [6.45, 7) is 0. The molecule has 0 aliphatic heterocycles. The summed E-state index contributed by atoms with van der Waals surface area (Å²) in [5.74, 6) is 2.17. The molecule has 3 aromatic carbocycles. The van der Waals surface area contributed by atoms with Crippen molar-refractivity contribution in [2.75, 3.05) is 7.11 Å². The normalized spacial score (nSPS) is 10.6. The van der Waals surface area contributed by atoms with E-state index in [1.165, 1.54) is 0 Å². The van der Waals surface area contributed by atoms with E-state index < -0.39 is 0 Å². The van der Waals surface area contributed by atoms with E-state index >= 15 is 0 Å². The number of phenols is 1. The second-order valence-electron chi connectivity index (χ2n) is 5.92. The zero-order valence-corrected chi connectivity index (χ0v) is 14.7. The van der Waals surface area contributed by atoms with Crippen molar-refractivity contribution in [3.63, 3.8) is 0 Å². The third-order valence-corrected chi connectivity index (χ3v) is 4.14. The van der Waals surface area contributed by atoms with Crippen LogP contribution >= 0.6 is 0 Å². The van der Waals surface area contributed by atoms with Crippen molar-refractivity contribution < 1.29 is 9.84 Å². The Kier molecular flexibility index (Phi) is 4.49. The Morgan fingerprint density at radius 1 is 0.667 bits per heavy atom. The summed E-state index contributed by atoms with van der Waals surface area (Å²) >= 11 is 0. The van der Waals surface area contributed by atoms with E-state index in [2.05, 4.69) is 15.0 Å². The van der Waals surface area contributed by atoms with E-state index in [1.807, 2.05) is 60.7 Å². The fraction of sp³-hybridized carbons (Fsp3) is 0.0455. The largest absolute Gasteiger partial charge is 0.507 e. The van der Waals surface area contributed by atoms with Gasteiger partial charge in [0.25, 0.3) is 0 Å². The van der Waals surface area contributed by atoms with Gasteiger partial charge in [-0.05, 0) is 18.2 Å². The molecule has 132 valence electrons. The lowest BCUT2D eigenvalue weighted by atomic mass is 10.1. The van der Waals surface area contributed by atoms with Gasteiger partial charge in [-0.25, -0.2) is 15.0 Å². The summed E-state index contributed by atoms with van der Waals surface area (Å²) < 4.78 is 5.28. The molecule has 4 rings (SSSR count). The highest BCUT2D eigenvalue weighted by Gasteiger charge is 2.15. The highest BCUT2D eigenvalue weighted by molar-refractivity contribution is 5.70. The molecule has 0 fully saturated rings. The molecule has 1 N–H and O–H groups in total. The zero-order valence-electron chi connectivity index (χ0n) is 14.7. The minimum atomic E-state index is 0.0834. The van der Waals surface area contributed by atoms with Crippen LogP contribution in [-0.4, -0.2) is 27.2 Å².